The zero-order valence-electron chi connectivity index (χ0n) is 19.2. The summed E-state index contributed by atoms with van der Waals surface area (Å²) in [6.07, 6.45) is 0. The third-order valence-electron chi connectivity index (χ3n) is 6.90. The van der Waals surface area contributed by atoms with Crippen molar-refractivity contribution in [2.45, 2.75) is 5.41 Å². The van der Waals surface area contributed by atoms with E-state index in [0.29, 0.717) is 9.80 Å². The smallest absolute Gasteiger partial charge is 0.332 e. The number of hydrogen-bond donors (Lipinski definition) is 2. The predicted octanol–water partition coefficient (Wildman–Crippen LogP) is 1.19. The van der Waals surface area contributed by atoms with Crippen LogP contribution in [0, 0.1) is 16.0 Å². The highest BCUT2D eigenvalue weighted by molar-refractivity contribution is 6.54. The second-order valence-electron chi connectivity index (χ2n) is 8.69. The SMILES string of the molecule is CN1C(=O)C(C2(C3=C(O)c4ccccc4C(=O)C3=O)C(=O)Nc3ccc([N+](=O)[O-])cc32)C(=O)N(C)C1=O. The molecule has 0 aromatic heterocycles. The number of aliphatic hydroxyl groups excluding tert-OH is 1. The highest BCUT2D eigenvalue weighted by Crippen LogP contribution is 2.53. The van der Waals surface area contributed by atoms with E-state index in [2.05, 4.69) is 5.32 Å². The van der Waals surface area contributed by atoms with Crippen molar-refractivity contribution in [2.24, 2.45) is 5.92 Å². The van der Waals surface area contributed by atoms with E-state index in [-0.39, 0.29) is 22.4 Å². The van der Waals surface area contributed by atoms with Crippen molar-refractivity contribution < 1.29 is 38.8 Å². The van der Waals surface area contributed by atoms with Gasteiger partial charge in [-0.05, 0) is 6.07 Å². The third-order valence-corrected chi connectivity index (χ3v) is 6.90. The van der Waals surface area contributed by atoms with Crippen molar-refractivity contribution in [1.82, 2.24) is 9.80 Å². The van der Waals surface area contributed by atoms with Gasteiger partial charge in [0.05, 0.1) is 10.5 Å². The monoisotopic (exact) mass is 504 g/mol. The van der Waals surface area contributed by atoms with Crippen LogP contribution < -0.4 is 5.32 Å². The number of carbonyl (C=O) groups is 6. The van der Waals surface area contributed by atoms with Gasteiger partial charge < -0.3 is 10.4 Å². The minimum Gasteiger partial charge on any atom is -0.507 e. The summed E-state index contributed by atoms with van der Waals surface area (Å²) in [7, 11) is 2.10. The standard InChI is InChI=1S/C24H16N4O9/c1-26-20(32)16(21(33)27(2)23(26)35)24(13-9-10(28(36)37)7-8-14(13)25-22(24)34)15-17(29)11-5-3-4-6-12(11)18(30)19(15)31/h3-9,16,29H,1-2H3,(H,25,34). The highest BCUT2D eigenvalue weighted by atomic mass is 16.6. The summed E-state index contributed by atoms with van der Waals surface area (Å²) in [5, 5.41) is 25.3. The molecule has 2 heterocycles. The van der Waals surface area contributed by atoms with Gasteiger partial charge in [0.2, 0.25) is 29.3 Å². The summed E-state index contributed by atoms with van der Waals surface area (Å²) in [6.45, 7) is 0. The Morgan fingerprint density at radius 2 is 1.51 bits per heavy atom. The van der Waals surface area contributed by atoms with Gasteiger partial charge in [-0.25, -0.2) is 4.79 Å². The number of fused-ring (bicyclic) bond motifs is 2. The van der Waals surface area contributed by atoms with Gasteiger partial charge >= 0.3 is 6.03 Å². The lowest BCUT2D eigenvalue weighted by Crippen LogP contribution is -2.65. The number of rotatable bonds is 3. The zero-order valence-corrected chi connectivity index (χ0v) is 19.2. The van der Waals surface area contributed by atoms with Crippen molar-refractivity contribution in [3.63, 3.8) is 0 Å². The highest BCUT2D eigenvalue weighted by Gasteiger charge is 2.67. The van der Waals surface area contributed by atoms with Gasteiger partial charge in [-0.2, -0.15) is 0 Å². The van der Waals surface area contributed by atoms with Gasteiger partial charge in [-0.3, -0.25) is 43.9 Å². The first-order chi connectivity index (χ1) is 17.4. The molecule has 5 amide bonds. The van der Waals surface area contributed by atoms with E-state index in [9.17, 15) is 44.0 Å². The van der Waals surface area contributed by atoms with Crippen LogP contribution in [-0.2, 0) is 24.6 Å². The molecule has 13 nitrogen and oxygen atoms in total. The average Bonchev–Trinajstić information content (AvgIpc) is 3.16. The van der Waals surface area contributed by atoms with Crippen molar-refractivity contribution in [3.05, 3.63) is 74.8 Å². The van der Waals surface area contributed by atoms with Crippen LogP contribution in [0.4, 0.5) is 16.2 Å². The lowest BCUT2D eigenvalue weighted by molar-refractivity contribution is -0.384. The van der Waals surface area contributed by atoms with Crippen LogP contribution in [0.2, 0.25) is 0 Å². The molecule has 186 valence electrons. The summed E-state index contributed by atoms with van der Waals surface area (Å²) in [6, 6.07) is 7.55. The largest absolute Gasteiger partial charge is 0.507 e. The first-order valence-corrected chi connectivity index (χ1v) is 10.8. The van der Waals surface area contributed by atoms with E-state index in [4.69, 9.17) is 0 Å². The predicted molar refractivity (Wildman–Crippen MR) is 123 cm³/mol. The Morgan fingerprint density at radius 1 is 0.919 bits per heavy atom. The molecule has 13 heteroatoms. The Bertz CT molecular complexity index is 1530. The molecule has 37 heavy (non-hydrogen) atoms. The van der Waals surface area contributed by atoms with E-state index in [0.717, 1.165) is 32.3 Å². The van der Waals surface area contributed by atoms with Crippen LogP contribution in [0.15, 0.2) is 48.0 Å². The van der Waals surface area contributed by atoms with Crippen LogP contribution in [-0.4, -0.2) is 69.2 Å². The first kappa shape index (κ1) is 23.5. The summed E-state index contributed by atoms with van der Waals surface area (Å²) in [5.74, 6) is -9.09. The molecule has 0 radical (unpaired) electrons. The maximum atomic E-state index is 13.8. The minimum absolute atomic E-state index is 0.0854. The lowest BCUT2D eigenvalue weighted by Gasteiger charge is -2.42. The Kier molecular flexibility index (Phi) is 4.87. The fraction of sp³-hybridized carbons (Fsp3) is 0.167. The van der Waals surface area contributed by atoms with Crippen molar-refractivity contribution in [3.8, 4) is 0 Å². The quantitative estimate of drug-likeness (QED) is 0.268. The number of hydrogen-bond acceptors (Lipinski definition) is 9. The van der Waals surface area contributed by atoms with Crippen LogP contribution in [0.3, 0.4) is 0 Å². The number of ketones is 2. The number of benzene rings is 2. The maximum Gasteiger partial charge on any atom is 0.332 e. The normalized spacial score (nSPS) is 21.9. The average molecular weight is 504 g/mol. The number of imide groups is 2. The van der Waals surface area contributed by atoms with Crippen LogP contribution in [0.25, 0.3) is 5.76 Å². The second-order valence-corrected chi connectivity index (χ2v) is 8.69. The molecule has 1 unspecified atom stereocenters. The number of nitrogens with one attached hydrogen (secondary N) is 1. The van der Waals surface area contributed by atoms with E-state index >= 15 is 0 Å². The summed E-state index contributed by atoms with van der Waals surface area (Å²) in [4.78, 5) is 91.8. The van der Waals surface area contributed by atoms with Crippen molar-refractivity contribution in [2.75, 3.05) is 19.4 Å². The fourth-order valence-corrected chi connectivity index (χ4v) is 5.11. The zero-order chi connectivity index (χ0) is 27.0. The van der Waals surface area contributed by atoms with Gasteiger partial charge in [0.1, 0.15) is 17.1 Å². The van der Waals surface area contributed by atoms with Crippen molar-refractivity contribution in [1.29, 1.82) is 0 Å². The molecule has 1 atom stereocenters. The number of anilines is 1. The number of carbonyl (C=O) groups excluding carboxylic acids is 6. The maximum absolute atomic E-state index is 13.8. The Hall–Kier alpha value is -5.20. The molecule has 1 fully saturated rings. The molecule has 3 aliphatic rings. The van der Waals surface area contributed by atoms with Crippen LogP contribution >= 0.6 is 0 Å². The minimum atomic E-state index is -2.72. The van der Waals surface area contributed by atoms with Gasteiger partial charge in [0.25, 0.3) is 5.69 Å². The molecule has 2 aromatic carbocycles. The number of aliphatic hydroxyl groups is 1. The molecular formula is C24H16N4O9. The first-order valence-electron chi connectivity index (χ1n) is 10.8. The molecule has 2 aliphatic heterocycles. The number of amides is 5. The van der Waals surface area contributed by atoms with Crippen LogP contribution in [0.1, 0.15) is 21.5 Å². The Morgan fingerprint density at radius 3 is 2.11 bits per heavy atom. The fourth-order valence-electron chi connectivity index (χ4n) is 5.11. The van der Waals surface area contributed by atoms with Gasteiger partial charge in [0.15, 0.2) is 0 Å². The summed E-state index contributed by atoms with van der Waals surface area (Å²) >= 11 is 0. The number of nitro benzene ring substituents is 1. The van der Waals surface area contributed by atoms with Gasteiger partial charge in [-0.15, -0.1) is 0 Å². The third kappa shape index (κ3) is 2.84. The summed E-state index contributed by atoms with van der Waals surface area (Å²) in [5.41, 5.74) is -4.91. The van der Waals surface area contributed by atoms with Gasteiger partial charge in [0, 0.05) is 48.6 Å². The number of nitro groups is 1. The van der Waals surface area contributed by atoms with E-state index in [1.807, 2.05) is 0 Å². The topological polar surface area (TPSA) is 184 Å². The molecule has 5 rings (SSSR count). The van der Waals surface area contributed by atoms with E-state index in [1.54, 1.807) is 0 Å². The lowest BCUT2D eigenvalue weighted by atomic mass is 9.61. The van der Waals surface area contributed by atoms with Crippen molar-refractivity contribution >= 4 is 52.5 Å². The summed E-state index contributed by atoms with van der Waals surface area (Å²) < 4.78 is 0. The molecule has 1 aliphatic carbocycles. The van der Waals surface area contributed by atoms with E-state index < -0.39 is 68.6 Å². The number of non-ortho nitro benzene ring substituents is 1. The molecule has 2 N–H and O–H groups in total. The Labute approximate surface area is 207 Å². The van der Waals surface area contributed by atoms with Crippen LogP contribution in [0.5, 0.6) is 0 Å². The molecule has 2 aromatic rings. The molecule has 0 bridgehead atoms. The van der Waals surface area contributed by atoms with E-state index in [1.165, 1.54) is 24.3 Å². The molecule has 1 saturated heterocycles. The number of barbiturate groups is 1. The number of Topliss-reactive ketones (excluding diaryl/α,β-unsaturated/α-hetero) is 2. The molecule has 0 spiro atoms. The Balaban J connectivity index is 1.95. The molecular weight excluding hydrogens is 488 g/mol. The second kappa shape index (κ2) is 7.65. The number of nitrogens with zero attached hydrogens (tertiary/aromatic N) is 3. The number of urea groups is 1. The molecule has 0 saturated carbocycles. The van der Waals surface area contributed by atoms with Gasteiger partial charge in [-0.1, -0.05) is 24.3 Å².